The summed E-state index contributed by atoms with van der Waals surface area (Å²) in [5.74, 6) is 0.348. The zero-order valence-corrected chi connectivity index (χ0v) is 9.12. The lowest BCUT2D eigenvalue weighted by Crippen LogP contribution is -2.36. The average molecular weight is 200 g/mol. The fourth-order valence-electron chi connectivity index (χ4n) is 2.46. The fraction of sp³-hybridized carbons (Fsp3) is 0.357. The molecule has 1 aromatic carbocycles. The molecule has 0 radical (unpaired) electrons. The maximum absolute atomic E-state index is 12.0. The Morgan fingerprint density at radius 2 is 2.13 bits per heavy atom. The van der Waals surface area contributed by atoms with Crippen molar-refractivity contribution in [2.45, 2.75) is 31.6 Å². The summed E-state index contributed by atoms with van der Waals surface area (Å²) in [5.41, 5.74) is 2.18. The van der Waals surface area contributed by atoms with Gasteiger partial charge in [-0.1, -0.05) is 30.3 Å². The van der Waals surface area contributed by atoms with Crippen LogP contribution in [0.5, 0.6) is 0 Å². The highest BCUT2D eigenvalue weighted by molar-refractivity contribution is 5.92. The van der Waals surface area contributed by atoms with Gasteiger partial charge in [0.1, 0.15) is 5.78 Å². The van der Waals surface area contributed by atoms with Crippen molar-refractivity contribution in [1.82, 2.24) is 0 Å². The van der Waals surface area contributed by atoms with Crippen molar-refractivity contribution in [3.63, 3.8) is 0 Å². The normalized spacial score (nSPS) is 24.7. The van der Waals surface area contributed by atoms with Gasteiger partial charge in [0.25, 0.3) is 0 Å². The number of ketones is 1. The molecule has 15 heavy (non-hydrogen) atoms. The van der Waals surface area contributed by atoms with Crippen LogP contribution >= 0.6 is 0 Å². The molecule has 0 amide bonds. The Bertz CT molecular complexity index is 406. The number of hydrogen-bond acceptors (Lipinski definition) is 1. The molecular formula is C14H16O. The van der Waals surface area contributed by atoms with E-state index in [1.165, 1.54) is 11.1 Å². The lowest BCUT2D eigenvalue weighted by Gasteiger charge is -2.33. The van der Waals surface area contributed by atoms with E-state index in [1.54, 1.807) is 0 Å². The average Bonchev–Trinajstić information content (AvgIpc) is 2.25. The first-order valence-electron chi connectivity index (χ1n) is 5.41. The van der Waals surface area contributed by atoms with Gasteiger partial charge in [-0.25, -0.2) is 0 Å². The van der Waals surface area contributed by atoms with Crippen LogP contribution in [0.15, 0.2) is 36.9 Å². The van der Waals surface area contributed by atoms with E-state index >= 15 is 0 Å². The molecule has 1 aromatic rings. The van der Waals surface area contributed by atoms with E-state index in [9.17, 15) is 4.79 Å². The molecule has 0 fully saturated rings. The minimum atomic E-state index is -0.337. The van der Waals surface area contributed by atoms with Crippen molar-refractivity contribution in [3.05, 3.63) is 48.0 Å². The van der Waals surface area contributed by atoms with Gasteiger partial charge in [-0.05, 0) is 30.9 Å². The summed E-state index contributed by atoms with van der Waals surface area (Å²) >= 11 is 0. The van der Waals surface area contributed by atoms with Crippen LogP contribution < -0.4 is 0 Å². The molecule has 1 unspecified atom stereocenters. The molecule has 0 saturated carbocycles. The smallest absolute Gasteiger partial charge is 0.143 e. The highest BCUT2D eigenvalue weighted by Gasteiger charge is 2.37. The predicted molar refractivity (Wildman–Crippen MR) is 61.9 cm³/mol. The third-order valence-corrected chi connectivity index (χ3v) is 3.40. The Labute approximate surface area is 90.8 Å². The van der Waals surface area contributed by atoms with Crippen LogP contribution in [0.3, 0.4) is 0 Å². The van der Waals surface area contributed by atoms with Crippen LogP contribution in [0.1, 0.15) is 30.9 Å². The SMILES string of the molecule is C=CCC1(C)C(=O)CCc2ccccc21. The van der Waals surface area contributed by atoms with Gasteiger partial charge in [-0.3, -0.25) is 4.79 Å². The number of fused-ring (bicyclic) bond motifs is 1. The molecular weight excluding hydrogens is 184 g/mol. The topological polar surface area (TPSA) is 17.1 Å². The van der Waals surface area contributed by atoms with Crippen molar-refractivity contribution in [1.29, 1.82) is 0 Å². The number of benzene rings is 1. The molecule has 0 saturated heterocycles. The zero-order valence-electron chi connectivity index (χ0n) is 9.12. The first-order valence-corrected chi connectivity index (χ1v) is 5.41. The Hall–Kier alpha value is -1.37. The standard InChI is InChI=1S/C14H16O/c1-3-10-14(2)12-7-5-4-6-11(12)8-9-13(14)15/h3-7H,1,8-10H2,2H3. The molecule has 0 heterocycles. The Morgan fingerprint density at radius 1 is 1.40 bits per heavy atom. The van der Waals surface area contributed by atoms with E-state index in [1.807, 2.05) is 25.1 Å². The summed E-state index contributed by atoms with van der Waals surface area (Å²) in [6.07, 6.45) is 4.14. The van der Waals surface area contributed by atoms with E-state index in [4.69, 9.17) is 0 Å². The minimum absolute atomic E-state index is 0.337. The molecule has 0 N–H and O–H groups in total. The Morgan fingerprint density at radius 3 is 2.87 bits per heavy atom. The van der Waals surface area contributed by atoms with Crippen molar-refractivity contribution >= 4 is 5.78 Å². The summed E-state index contributed by atoms with van der Waals surface area (Å²) in [4.78, 5) is 12.0. The van der Waals surface area contributed by atoms with E-state index in [0.717, 1.165) is 12.8 Å². The number of aryl methyl sites for hydroxylation is 1. The second-order valence-corrected chi connectivity index (χ2v) is 4.41. The summed E-state index contributed by atoms with van der Waals surface area (Å²) < 4.78 is 0. The number of rotatable bonds is 2. The second-order valence-electron chi connectivity index (χ2n) is 4.41. The highest BCUT2D eigenvalue weighted by atomic mass is 16.1. The van der Waals surface area contributed by atoms with Crippen LogP contribution in [0.4, 0.5) is 0 Å². The summed E-state index contributed by atoms with van der Waals surface area (Å²) in [6, 6.07) is 8.26. The lowest BCUT2D eigenvalue weighted by atomic mass is 9.68. The summed E-state index contributed by atoms with van der Waals surface area (Å²) in [7, 11) is 0. The molecule has 1 atom stereocenters. The van der Waals surface area contributed by atoms with Crippen molar-refractivity contribution in [3.8, 4) is 0 Å². The van der Waals surface area contributed by atoms with Gasteiger partial charge >= 0.3 is 0 Å². The fourth-order valence-corrected chi connectivity index (χ4v) is 2.46. The van der Waals surface area contributed by atoms with E-state index in [-0.39, 0.29) is 5.41 Å². The molecule has 78 valence electrons. The second kappa shape index (κ2) is 3.65. The Balaban J connectivity index is 2.54. The molecule has 1 aliphatic rings. The van der Waals surface area contributed by atoms with Crippen LogP contribution in [-0.4, -0.2) is 5.78 Å². The van der Waals surface area contributed by atoms with Gasteiger partial charge in [0.2, 0.25) is 0 Å². The first kappa shape index (κ1) is 10.2. The highest BCUT2D eigenvalue weighted by Crippen LogP contribution is 2.37. The van der Waals surface area contributed by atoms with Gasteiger partial charge < -0.3 is 0 Å². The van der Waals surface area contributed by atoms with Crippen LogP contribution in [-0.2, 0) is 16.6 Å². The molecule has 2 rings (SSSR count). The third kappa shape index (κ3) is 1.52. The van der Waals surface area contributed by atoms with E-state index < -0.39 is 0 Å². The summed E-state index contributed by atoms with van der Waals surface area (Å²) in [6.45, 7) is 5.79. The van der Waals surface area contributed by atoms with Crippen molar-refractivity contribution in [2.24, 2.45) is 0 Å². The van der Waals surface area contributed by atoms with Gasteiger partial charge in [0, 0.05) is 6.42 Å². The maximum atomic E-state index is 12.0. The third-order valence-electron chi connectivity index (χ3n) is 3.40. The molecule has 0 bridgehead atoms. The van der Waals surface area contributed by atoms with Crippen LogP contribution in [0.2, 0.25) is 0 Å². The molecule has 1 aliphatic carbocycles. The van der Waals surface area contributed by atoms with Gasteiger partial charge in [0.05, 0.1) is 5.41 Å². The van der Waals surface area contributed by atoms with Crippen molar-refractivity contribution < 1.29 is 4.79 Å². The quantitative estimate of drug-likeness (QED) is 0.671. The van der Waals surface area contributed by atoms with Gasteiger partial charge in [-0.2, -0.15) is 0 Å². The molecule has 1 heteroatoms. The van der Waals surface area contributed by atoms with Gasteiger partial charge in [0.15, 0.2) is 0 Å². The Kier molecular flexibility index (Phi) is 2.47. The minimum Gasteiger partial charge on any atom is -0.299 e. The summed E-state index contributed by atoms with van der Waals surface area (Å²) in [5, 5.41) is 0. The number of carbonyl (C=O) groups is 1. The maximum Gasteiger partial charge on any atom is 0.143 e. The van der Waals surface area contributed by atoms with Crippen LogP contribution in [0, 0.1) is 0 Å². The number of allylic oxidation sites excluding steroid dienone is 1. The van der Waals surface area contributed by atoms with Gasteiger partial charge in [-0.15, -0.1) is 6.58 Å². The number of Topliss-reactive ketones (excluding diaryl/α,β-unsaturated/α-hetero) is 1. The lowest BCUT2D eigenvalue weighted by molar-refractivity contribution is -0.124. The van der Waals surface area contributed by atoms with E-state index in [0.29, 0.717) is 12.2 Å². The molecule has 0 spiro atoms. The molecule has 0 aromatic heterocycles. The molecule has 1 nitrogen and oxygen atoms in total. The van der Waals surface area contributed by atoms with Crippen LogP contribution in [0.25, 0.3) is 0 Å². The predicted octanol–water partition coefficient (Wildman–Crippen LogP) is 3.04. The van der Waals surface area contributed by atoms with Crippen molar-refractivity contribution in [2.75, 3.05) is 0 Å². The zero-order chi connectivity index (χ0) is 10.9. The van der Waals surface area contributed by atoms with E-state index in [2.05, 4.69) is 18.7 Å². The monoisotopic (exact) mass is 200 g/mol. The largest absolute Gasteiger partial charge is 0.299 e. The number of hydrogen-bond donors (Lipinski definition) is 0. The molecule has 0 aliphatic heterocycles. The first-order chi connectivity index (χ1) is 7.18. The number of carbonyl (C=O) groups excluding carboxylic acids is 1.